The number of sulfonamides is 1. The maximum absolute atomic E-state index is 12.4. The van der Waals surface area contributed by atoms with E-state index in [-0.39, 0.29) is 12.5 Å². The number of para-hydroxylation sites is 2. The van der Waals surface area contributed by atoms with Crippen LogP contribution in [0.15, 0.2) is 30.6 Å². The van der Waals surface area contributed by atoms with Gasteiger partial charge in [-0.3, -0.25) is 4.79 Å². The molecule has 0 spiro atoms. The molecule has 1 aromatic carbocycles. The number of carbonyl (C=O) groups excluding carboxylic acids is 1. The zero-order valence-electron chi connectivity index (χ0n) is 15.6. The molecule has 2 aromatic heterocycles. The highest BCUT2D eigenvalue weighted by molar-refractivity contribution is 7.89. The number of benzene rings is 1. The summed E-state index contributed by atoms with van der Waals surface area (Å²) in [6.07, 6.45) is 2.20. The van der Waals surface area contributed by atoms with Gasteiger partial charge in [-0.15, -0.1) is 11.3 Å². The maximum atomic E-state index is 12.4. The number of anilines is 1. The molecule has 3 heterocycles. The fourth-order valence-electron chi connectivity index (χ4n) is 3.19. The molecular formula is C18H21N5O3S2. The lowest BCUT2D eigenvalue weighted by Gasteiger charge is -2.26. The zero-order valence-corrected chi connectivity index (χ0v) is 17.3. The number of aromatic nitrogens is 3. The van der Waals surface area contributed by atoms with Gasteiger partial charge < -0.3 is 9.88 Å². The van der Waals surface area contributed by atoms with Crippen molar-refractivity contribution in [3.63, 3.8) is 0 Å². The number of amides is 1. The first-order chi connectivity index (χ1) is 13.3. The summed E-state index contributed by atoms with van der Waals surface area (Å²) in [5, 5.41) is 2.88. The molecule has 0 saturated heterocycles. The molecule has 0 aliphatic carbocycles. The van der Waals surface area contributed by atoms with Gasteiger partial charge in [0.2, 0.25) is 15.9 Å². The van der Waals surface area contributed by atoms with E-state index in [0.29, 0.717) is 24.6 Å². The van der Waals surface area contributed by atoms with Crippen molar-refractivity contribution >= 4 is 43.4 Å². The van der Waals surface area contributed by atoms with E-state index in [1.807, 2.05) is 24.3 Å². The molecule has 1 aliphatic heterocycles. The van der Waals surface area contributed by atoms with Gasteiger partial charge >= 0.3 is 0 Å². The lowest BCUT2D eigenvalue weighted by Crippen LogP contribution is -2.39. The Kier molecular flexibility index (Phi) is 4.94. The highest BCUT2D eigenvalue weighted by atomic mass is 32.2. The predicted octanol–water partition coefficient (Wildman–Crippen LogP) is 2.23. The van der Waals surface area contributed by atoms with E-state index in [0.717, 1.165) is 21.6 Å². The average Bonchev–Trinajstić information content (AvgIpc) is 3.24. The van der Waals surface area contributed by atoms with Crippen molar-refractivity contribution in [2.24, 2.45) is 0 Å². The third-order valence-corrected chi connectivity index (χ3v) is 7.96. The summed E-state index contributed by atoms with van der Waals surface area (Å²) < 4.78 is 28.1. The van der Waals surface area contributed by atoms with Gasteiger partial charge in [0.15, 0.2) is 5.13 Å². The fourth-order valence-corrected chi connectivity index (χ4v) is 5.56. The number of imidazole rings is 1. The minimum Gasteiger partial charge on any atom is -0.321 e. The third-order valence-electron chi connectivity index (χ3n) is 4.74. The molecule has 1 amide bonds. The maximum Gasteiger partial charge on any atom is 0.246 e. The van der Waals surface area contributed by atoms with Crippen LogP contribution in [0.5, 0.6) is 0 Å². The Morgan fingerprint density at radius 1 is 1.32 bits per heavy atom. The number of rotatable bonds is 5. The van der Waals surface area contributed by atoms with Crippen LogP contribution < -0.4 is 5.32 Å². The van der Waals surface area contributed by atoms with Crippen LogP contribution in [0, 0.1) is 0 Å². The number of hydrogen-bond donors (Lipinski definition) is 1. The highest BCUT2D eigenvalue weighted by Crippen LogP contribution is 2.30. The molecule has 1 N–H and O–H groups in total. The molecule has 8 nitrogen and oxygen atoms in total. The SMILES string of the molecule is CC(C)S(=O)(=O)N1CCc2nc(NC(=O)Cn3cnc4ccccc43)sc2C1. The van der Waals surface area contributed by atoms with Crippen LogP contribution in [-0.2, 0) is 34.3 Å². The average molecular weight is 420 g/mol. The monoisotopic (exact) mass is 419 g/mol. The molecular weight excluding hydrogens is 398 g/mol. The van der Waals surface area contributed by atoms with Gasteiger partial charge in [0.25, 0.3) is 0 Å². The fraction of sp³-hybridized carbons (Fsp3) is 0.389. The second kappa shape index (κ2) is 7.26. The van der Waals surface area contributed by atoms with Crippen molar-refractivity contribution in [1.29, 1.82) is 0 Å². The molecule has 28 heavy (non-hydrogen) atoms. The topological polar surface area (TPSA) is 97.2 Å². The van der Waals surface area contributed by atoms with Crippen molar-refractivity contribution in [3.05, 3.63) is 41.2 Å². The quantitative estimate of drug-likeness (QED) is 0.684. The van der Waals surface area contributed by atoms with E-state index in [1.54, 1.807) is 24.7 Å². The Balaban J connectivity index is 1.46. The third kappa shape index (κ3) is 3.54. The first-order valence-electron chi connectivity index (χ1n) is 9.02. The lowest BCUT2D eigenvalue weighted by molar-refractivity contribution is -0.116. The number of fused-ring (bicyclic) bond motifs is 2. The Morgan fingerprint density at radius 3 is 2.89 bits per heavy atom. The van der Waals surface area contributed by atoms with Gasteiger partial charge in [-0.05, 0) is 26.0 Å². The van der Waals surface area contributed by atoms with Crippen molar-refractivity contribution in [1.82, 2.24) is 18.8 Å². The minimum absolute atomic E-state index is 0.138. The molecule has 10 heteroatoms. The summed E-state index contributed by atoms with van der Waals surface area (Å²) in [7, 11) is -3.30. The van der Waals surface area contributed by atoms with Crippen molar-refractivity contribution in [3.8, 4) is 0 Å². The molecule has 4 rings (SSSR count). The summed E-state index contributed by atoms with van der Waals surface area (Å²) in [6.45, 7) is 4.24. The van der Waals surface area contributed by atoms with E-state index in [1.165, 1.54) is 15.6 Å². The van der Waals surface area contributed by atoms with E-state index in [2.05, 4.69) is 15.3 Å². The number of carbonyl (C=O) groups is 1. The second-order valence-corrected chi connectivity index (χ2v) is 10.5. The van der Waals surface area contributed by atoms with Crippen LogP contribution in [0.4, 0.5) is 5.13 Å². The molecule has 3 aromatic rings. The lowest BCUT2D eigenvalue weighted by atomic mass is 10.2. The van der Waals surface area contributed by atoms with E-state index in [9.17, 15) is 13.2 Å². The van der Waals surface area contributed by atoms with Crippen LogP contribution in [0.2, 0.25) is 0 Å². The minimum atomic E-state index is -3.30. The van der Waals surface area contributed by atoms with Crippen molar-refractivity contribution in [2.45, 2.75) is 38.6 Å². The zero-order chi connectivity index (χ0) is 19.9. The highest BCUT2D eigenvalue weighted by Gasteiger charge is 2.31. The molecule has 0 fully saturated rings. The number of nitrogens with one attached hydrogen (secondary N) is 1. The molecule has 1 aliphatic rings. The van der Waals surface area contributed by atoms with E-state index in [4.69, 9.17) is 0 Å². The van der Waals surface area contributed by atoms with E-state index >= 15 is 0 Å². The van der Waals surface area contributed by atoms with Gasteiger partial charge in [-0.25, -0.2) is 18.4 Å². The number of hydrogen-bond acceptors (Lipinski definition) is 6. The molecule has 148 valence electrons. The first kappa shape index (κ1) is 19.0. The number of nitrogens with zero attached hydrogens (tertiary/aromatic N) is 4. The van der Waals surface area contributed by atoms with Gasteiger partial charge in [-0.1, -0.05) is 12.1 Å². The van der Waals surface area contributed by atoms with Crippen LogP contribution in [0.3, 0.4) is 0 Å². The summed E-state index contributed by atoms with van der Waals surface area (Å²) >= 11 is 1.34. The van der Waals surface area contributed by atoms with Crippen LogP contribution in [0.25, 0.3) is 11.0 Å². The summed E-state index contributed by atoms with van der Waals surface area (Å²) in [6, 6.07) is 7.63. The molecule has 0 unspecified atom stereocenters. The van der Waals surface area contributed by atoms with Crippen LogP contribution in [0.1, 0.15) is 24.4 Å². The van der Waals surface area contributed by atoms with Gasteiger partial charge in [0, 0.05) is 24.4 Å². The van der Waals surface area contributed by atoms with E-state index < -0.39 is 15.3 Å². The van der Waals surface area contributed by atoms with Gasteiger partial charge in [0.1, 0.15) is 6.54 Å². The summed E-state index contributed by atoms with van der Waals surface area (Å²) in [5.74, 6) is -0.194. The molecule has 0 bridgehead atoms. The van der Waals surface area contributed by atoms with Gasteiger partial charge in [-0.2, -0.15) is 4.31 Å². The Hall–Kier alpha value is -2.30. The Morgan fingerprint density at radius 2 is 2.11 bits per heavy atom. The standard InChI is InChI=1S/C18H21N5O3S2/c1-12(2)28(25,26)23-8-7-14-16(9-23)27-18(20-14)21-17(24)10-22-11-19-13-5-3-4-6-15(13)22/h3-6,11-12H,7-10H2,1-2H3,(H,20,21,24). The predicted molar refractivity (Wildman–Crippen MR) is 109 cm³/mol. The van der Waals surface area contributed by atoms with Crippen LogP contribution >= 0.6 is 11.3 Å². The van der Waals surface area contributed by atoms with Crippen LogP contribution in [-0.4, -0.2) is 45.0 Å². The number of thiazole rings is 1. The normalized spacial score (nSPS) is 15.1. The summed E-state index contributed by atoms with van der Waals surface area (Å²) in [5.41, 5.74) is 2.60. The summed E-state index contributed by atoms with van der Waals surface area (Å²) in [4.78, 5) is 22.1. The first-order valence-corrected chi connectivity index (χ1v) is 11.3. The molecule has 0 atom stereocenters. The molecule has 0 radical (unpaired) electrons. The molecule has 0 saturated carbocycles. The Labute approximate surface area is 167 Å². The second-order valence-electron chi connectivity index (χ2n) is 6.98. The van der Waals surface area contributed by atoms with Crippen molar-refractivity contribution < 1.29 is 13.2 Å². The van der Waals surface area contributed by atoms with Gasteiger partial charge in [0.05, 0.1) is 28.3 Å². The Bertz CT molecular complexity index is 1130. The largest absolute Gasteiger partial charge is 0.321 e. The van der Waals surface area contributed by atoms with Crippen molar-refractivity contribution in [2.75, 3.05) is 11.9 Å². The smallest absolute Gasteiger partial charge is 0.246 e.